The van der Waals surface area contributed by atoms with E-state index in [0.29, 0.717) is 23.5 Å². The lowest BCUT2D eigenvalue weighted by Gasteiger charge is -2.17. The maximum absolute atomic E-state index is 11.5. The Balaban J connectivity index is 2.96. The van der Waals surface area contributed by atoms with Crippen LogP contribution < -0.4 is 4.74 Å². The fourth-order valence-corrected chi connectivity index (χ4v) is 1.74. The molecule has 0 amide bonds. The van der Waals surface area contributed by atoms with Gasteiger partial charge in [0.25, 0.3) is 0 Å². The Hall–Kier alpha value is -2.04. The van der Waals surface area contributed by atoms with E-state index in [2.05, 4.69) is 0 Å². The van der Waals surface area contributed by atoms with Crippen LogP contribution in [0.2, 0.25) is 0 Å². The first kappa shape index (κ1) is 15.0. The maximum atomic E-state index is 11.5. The summed E-state index contributed by atoms with van der Waals surface area (Å²) >= 11 is 0. The number of esters is 1. The summed E-state index contributed by atoms with van der Waals surface area (Å²) in [6.07, 6.45) is -0.729. The van der Waals surface area contributed by atoms with Crippen molar-refractivity contribution in [1.82, 2.24) is 0 Å². The minimum Gasteiger partial charge on any atom is -0.478 e. The summed E-state index contributed by atoms with van der Waals surface area (Å²) in [5.74, 6) is -0.912. The molecule has 0 saturated heterocycles. The fraction of sp³-hybridized carbons (Fsp3) is 0.429. The highest BCUT2D eigenvalue weighted by atomic mass is 16.6. The van der Waals surface area contributed by atoms with E-state index in [-0.39, 0.29) is 5.56 Å². The molecule has 5 nitrogen and oxygen atoms in total. The number of ether oxygens (including phenoxy) is 2. The van der Waals surface area contributed by atoms with E-state index in [1.54, 1.807) is 27.7 Å². The number of carbonyl (C=O) groups is 2. The average molecular weight is 266 g/mol. The molecule has 1 N–H and O–H groups in total. The number of aromatic carboxylic acids is 1. The molecular weight excluding hydrogens is 248 g/mol. The third kappa shape index (κ3) is 3.71. The normalized spacial score (nSPS) is 11.8. The molecule has 0 fully saturated rings. The molecule has 1 rings (SSSR count). The second-order valence-electron chi connectivity index (χ2n) is 4.26. The highest BCUT2D eigenvalue weighted by molar-refractivity contribution is 5.88. The van der Waals surface area contributed by atoms with Gasteiger partial charge in [-0.25, -0.2) is 9.59 Å². The van der Waals surface area contributed by atoms with Gasteiger partial charge < -0.3 is 14.6 Å². The van der Waals surface area contributed by atoms with Gasteiger partial charge in [0.1, 0.15) is 5.75 Å². The second kappa shape index (κ2) is 6.22. The standard InChI is InChI=1S/C14H18O5/c1-5-18-14(17)10(4)19-12-8(2)6-11(13(15)16)7-9(12)3/h6-7,10H,5H2,1-4H3,(H,15,16)/t10-/m0/s1. The lowest BCUT2D eigenvalue weighted by atomic mass is 10.1. The van der Waals surface area contributed by atoms with Gasteiger partial charge in [0.2, 0.25) is 0 Å². The average Bonchev–Trinajstić information content (AvgIpc) is 2.33. The molecule has 0 aromatic heterocycles. The van der Waals surface area contributed by atoms with E-state index in [0.717, 1.165) is 0 Å². The van der Waals surface area contributed by atoms with Gasteiger partial charge in [-0.2, -0.15) is 0 Å². The zero-order valence-electron chi connectivity index (χ0n) is 11.5. The summed E-state index contributed by atoms with van der Waals surface area (Å²) in [5, 5.41) is 8.95. The van der Waals surface area contributed by atoms with Gasteiger partial charge in [0.15, 0.2) is 6.10 Å². The first-order valence-electron chi connectivity index (χ1n) is 6.04. The molecule has 0 bridgehead atoms. The van der Waals surface area contributed by atoms with Crippen LogP contribution in [0.5, 0.6) is 5.75 Å². The number of carbonyl (C=O) groups excluding carboxylic acids is 1. The van der Waals surface area contributed by atoms with Crippen molar-refractivity contribution < 1.29 is 24.2 Å². The SMILES string of the molecule is CCOC(=O)[C@H](C)Oc1c(C)cc(C(=O)O)cc1C. The van der Waals surface area contributed by atoms with Crippen LogP contribution in [0.25, 0.3) is 0 Å². The van der Waals surface area contributed by atoms with E-state index >= 15 is 0 Å². The van der Waals surface area contributed by atoms with E-state index < -0.39 is 18.0 Å². The first-order chi connectivity index (χ1) is 8.86. The number of rotatable bonds is 5. The van der Waals surface area contributed by atoms with Crippen LogP contribution in [-0.4, -0.2) is 29.8 Å². The summed E-state index contributed by atoms with van der Waals surface area (Å²) in [5.41, 5.74) is 1.55. The molecule has 0 radical (unpaired) electrons. The summed E-state index contributed by atoms with van der Waals surface area (Å²) in [6, 6.07) is 3.03. The predicted molar refractivity (Wildman–Crippen MR) is 69.6 cm³/mol. The Morgan fingerprint density at radius 2 is 1.79 bits per heavy atom. The van der Waals surface area contributed by atoms with Gasteiger partial charge in [-0.05, 0) is 51.0 Å². The first-order valence-corrected chi connectivity index (χ1v) is 6.04. The quantitative estimate of drug-likeness (QED) is 0.828. The topological polar surface area (TPSA) is 72.8 Å². The number of hydrogen-bond acceptors (Lipinski definition) is 4. The van der Waals surface area contributed by atoms with Crippen molar-refractivity contribution >= 4 is 11.9 Å². The van der Waals surface area contributed by atoms with Gasteiger partial charge in [0, 0.05) is 0 Å². The Labute approximate surface area is 112 Å². The molecule has 0 aliphatic carbocycles. The Morgan fingerprint density at radius 1 is 1.26 bits per heavy atom. The highest BCUT2D eigenvalue weighted by Gasteiger charge is 2.19. The van der Waals surface area contributed by atoms with Crippen molar-refractivity contribution in [3.05, 3.63) is 28.8 Å². The molecule has 0 aliphatic rings. The molecule has 0 heterocycles. The third-order valence-electron chi connectivity index (χ3n) is 2.62. The van der Waals surface area contributed by atoms with E-state index in [1.165, 1.54) is 12.1 Å². The van der Waals surface area contributed by atoms with Crippen LogP contribution >= 0.6 is 0 Å². The number of benzene rings is 1. The summed E-state index contributed by atoms with van der Waals surface area (Å²) < 4.78 is 10.4. The van der Waals surface area contributed by atoms with Gasteiger partial charge in [0.05, 0.1) is 12.2 Å². The van der Waals surface area contributed by atoms with Crippen LogP contribution in [0, 0.1) is 13.8 Å². The minimum absolute atomic E-state index is 0.200. The summed E-state index contributed by atoms with van der Waals surface area (Å²) in [6.45, 7) is 7.10. The highest BCUT2D eigenvalue weighted by Crippen LogP contribution is 2.26. The smallest absolute Gasteiger partial charge is 0.347 e. The van der Waals surface area contributed by atoms with Crippen molar-refractivity contribution in [2.24, 2.45) is 0 Å². The summed E-state index contributed by atoms with van der Waals surface area (Å²) in [7, 11) is 0. The Morgan fingerprint density at radius 3 is 2.21 bits per heavy atom. The monoisotopic (exact) mass is 266 g/mol. The molecule has 5 heteroatoms. The largest absolute Gasteiger partial charge is 0.478 e. The lowest BCUT2D eigenvalue weighted by molar-refractivity contribution is -0.150. The molecule has 0 unspecified atom stereocenters. The molecule has 0 aliphatic heterocycles. The molecule has 0 saturated carbocycles. The predicted octanol–water partition coefficient (Wildman–Crippen LogP) is 2.33. The van der Waals surface area contributed by atoms with Crippen molar-refractivity contribution in [2.75, 3.05) is 6.61 Å². The molecule has 1 aromatic rings. The fourth-order valence-electron chi connectivity index (χ4n) is 1.74. The minimum atomic E-state index is -0.990. The Kier molecular flexibility index (Phi) is 4.92. The van der Waals surface area contributed by atoms with Crippen molar-refractivity contribution in [1.29, 1.82) is 0 Å². The number of carboxylic acids is 1. The van der Waals surface area contributed by atoms with Crippen LogP contribution in [0.3, 0.4) is 0 Å². The molecule has 0 spiro atoms. The number of carboxylic acid groups (broad SMARTS) is 1. The van der Waals surface area contributed by atoms with Crippen molar-refractivity contribution in [2.45, 2.75) is 33.8 Å². The Bertz CT molecular complexity index is 470. The maximum Gasteiger partial charge on any atom is 0.347 e. The molecule has 1 aromatic carbocycles. The van der Waals surface area contributed by atoms with Crippen molar-refractivity contribution in [3.63, 3.8) is 0 Å². The van der Waals surface area contributed by atoms with E-state index in [4.69, 9.17) is 14.6 Å². The summed E-state index contributed by atoms with van der Waals surface area (Å²) in [4.78, 5) is 22.4. The van der Waals surface area contributed by atoms with Gasteiger partial charge in [-0.3, -0.25) is 0 Å². The van der Waals surface area contributed by atoms with Crippen molar-refractivity contribution in [3.8, 4) is 5.75 Å². The molecular formula is C14H18O5. The van der Waals surface area contributed by atoms with E-state index in [1.807, 2.05) is 0 Å². The van der Waals surface area contributed by atoms with Gasteiger partial charge >= 0.3 is 11.9 Å². The van der Waals surface area contributed by atoms with Crippen LogP contribution in [0.1, 0.15) is 35.3 Å². The van der Waals surface area contributed by atoms with Crippen LogP contribution in [0.15, 0.2) is 12.1 Å². The molecule has 19 heavy (non-hydrogen) atoms. The number of aryl methyl sites for hydroxylation is 2. The van der Waals surface area contributed by atoms with Crippen LogP contribution in [-0.2, 0) is 9.53 Å². The molecule has 104 valence electrons. The van der Waals surface area contributed by atoms with Gasteiger partial charge in [-0.1, -0.05) is 0 Å². The third-order valence-corrected chi connectivity index (χ3v) is 2.62. The number of hydrogen-bond donors (Lipinski definition) is 1. The van der Waals surface area contributed by atoms with E-state index in [9.17, 15) is 9.59 Å². The van der Waals surface area contributed by atoms with Crippen LogP contribution in [0.4, 0.5) is 0 Å². The van der Waals surface area contributed by atoms with Gasteiger partial charge in [-0.15, -0.1) is 0 Å². The zero-order valence-corrected chi connectivity index (χ0v) is 11.5. The zero-order chi connectivity index (χ0) is 14.6. The second-order valence-corrected chi connectivity index (χ2v) is 4.26. The molecule has 1 atom stereocenters. The lowest BCUT2D eigenvalue weighted by Crippen LogP contribution is -2.26.